The number of carbonyl (C=O) groups is 2. The largest absolute Gasteiger partial charge is 0.508 e. The fraction of sp³-hybridized carbons (Fsp3) is 0.0909. The zero-order valence-electron chi connectivity index (χ0n) is 27.6. The predicted molar refractivity (Wildman–Crippen MR) is 196 cm³/mol. The van der Waals surface area contributed by atoms with Gasteiger partial charge >= 0.3 is 11.9 Å². The van der Waals surface area contributed by atoms with Crippen LogP contribution in [0.25, 0.3) is 23.3 Å². The summed E-state index contributed by atoms with van der Waals surface area (Å²) in [5.74, 6) is 0.206. The summed E-state index contributed by atoms with van der Waals surface area (Å²) in [6.45, 7) is 4.38. The fourth-order valence-electron chi connectivity index (χ4n) is 5.01. The maximum atomic E-state index is 12.2. The Morgan fingerprint density at radius 2 is 1.20 bits per heavy atom. The number of hydrogen-bond acceptors (Lipinski definition) is 5. The lowest BCUT2D eigenvalue weighted by atomic mass is 9.98. The Bertz CT molecular complexity index is 1980. The molecule has 0 aliphatic rings. The molecule has 0 aliphatic carbocycles. The lowest BCUT2D eigenvalue weighted by molar-refractivity contribution is -0.133. The molecule has 0 radical (unpaired) electrons. The number of rotatable bonds is 9. The molecule has 0 saturated carbocycles. The van der Waals surface area contributed by atoms with E-state index in [1.165, 1.54) is 5.56 Å². The molecule has 0 fully saturated rings. The van der Waals surface area contributed by atoms with Gasteiger partial charge in [0, 0.05) is 0 Å². The summed E-state index contributed by atoms with van der Waals surface area (Å²) in [7, 11) is 0. The van der Waals surface area contributed by atoms with E-state index in [9.17, 15) is 14.7 Å². The molecule has 0 heterocycles. The van der Waals surface area contributed by atoms with Gasteiger partial charge in [-0.2, -0.15) is 0 Å². The van der Waals surface area contributed by atoms with Crippen molar-refractivity contribution >= 4 is 24.1 Å². The Balaban J connectivity index is 0.000000191. The van der Waals surface area contributed by atoms with Crippen LogP contribution in [0, 0.1) is 13.8 Å². The van der Waals surface area contributed by atoms with E-state index in [-0.39, 0.29) is 24.1 Å². The van der Waals surface area contributed by atoms with Crippen LogP contribution >= 0.6 is 0 Å². The second kappa shape index (κ2) is 17.1. The zero-order chi connectivity index (χ0) is 34.4. The average Bonchev–Trinajstić information content (AvgIpc) is 3.12. The highest BCUT2D eigenvalue weighted by atomic mass is 16.5. The highest BCUT2D eigenvalue weighted by Gasteiger charge is 2.11. The standard InChI is InChI=1S/C22H18O3.C22H20O2/c23-20-12-8-17(9-13-20)6-7-18-10-14-21(15-11-18)25-22(24)16-19-4-2-1-3-5-19;1-16-8-10-19(11-9-16)21-13-12-20(14-17(21)2)22(23)24-15-18-6-4-3-5-7-18/h1-15,23H,16H2;3-14H,15H2,1-2H3/b7-6+;. The first-order valence-electron chi connectivity index (χ1n) is 16.0. The Labute approximate surface area is 287 Å². The van der Waals surface area contributed by atoms with Gasteiger partial charge in [-0.05, 0) is 89.2 Å². The summed E-state index contributed by atoms with van der Waals surface area (Å²) in [5, 5.41) is 9.27. The van der Waals surface area contributed by atoms with Gasteiger partial charge in [0.1, 0.15) is 18.1 Å². The molecule has 0 spiro atoms. The van der Waals surface area contributed by atoms with Gasteiger partial charge in [0.15, 0.2) is 0 Å². The van der Waals surface area contributed by atoms with Gasteiger partial charge in [-0.15, -0.1) is 0 Å². The number of carbonyl (C=O) groups excluding carboxylic acids is 2. The van der Waals surface area contributed by atoms with Crippen molar-refractivity contribution in [3.8, 4) is 22.6 Å². The monoisotopic (exact) mass is 646 g/mol. The van der Waals surface area contributed by atoms with Crippen molar-refractivity contribution in [3.63, 3.8) is 0 Å². The fourth-order valence-corrected chi connectivity index (χ4v) is 5.01. The number of esters is 2. The first kappa shape index (κ1) is 34.1. The molecule has 0 atom stereocenters. The van der Waals surface area contributed by atoms with E-state index in [0.717, 1.165) is 38.9 Å². The third-order valence-corrected chi connectivity index (χ3v) is 7.70. The van der Waals surface area contributed by atoms with Crippen molar-refractivity contribution in [2.45, 2.75) is 26.9 Å². The van der Waals surface area contributed by atoms with E-state index < -0.39 is 0 Å². The van der Waals surface area contributed by atoms with Crippen LogP contribution < -0.4 is 4.74 Å². The number of phenols is 1. The Hall–Kier alpha value is -6.20. The Morgan fingerprint density at radius 3 is 1.80 bits per heavy atom. The minimum Gasteiger partial charge on any atom is -0.508 e. The van der Waals surface area contributed by atoms with Crippen molar-refractivity contribution < 1.29 is 24.2 Å². The van der Waals surface area contributed by atoms with Gasteiger partial charge < -0.3 is 14.6 Å². The summed E-state index contributed by atoms with van der Waals surface area (Å²) < 4.78 is 10.7. The van der Waals surface area contributed by atoms with E-state index in [1.807, 2.05) is 122 Å². The van der Waals surface area contributed by atoms with Gasteiger partial charge in [0.2, 0.25) is 0 Å². The summed E-state index contributed by atoms with van der Waals surface area (Å²) in [6, 6.07) is 47.6. The molecule has 5 nitrogen and oxygen atoms in total. The molecule has 6 aromatic rings. The molecule has 0 saturated heterocycles. The molecule has 6 rings (SSSR count). The van der Waals surface area contributed by atoms with Gasteiger partial charge in [0.25, 0.3) is 0 Å². The number of aromatic hydroxyl groups is 1. The van der Waals surface area contributed by atoms with Crippen molar-refractivity contribution in [1.29, 1.82) is 0 Å². The average molecular weight is 647 g/mol. The third-order valence-electron chi connectivity index (χ3n) is 7.70. The van der Waals surface area contributed by atoms with E-state index in [4.69, 9.17) is 9.47 Å². The molecule has 0 amide bonds. The third kappa shape index (κ3) is 10.7. The number of phenolic OH excluding ortho intramolecular Hbond substituents is 1. The topological polar surface area (TPSA) is 72.8 Å². The molecule has 244 valence electrons. The summed E-state index contributed by atoms with van der Waals surface area (Å²) >= 11 is 0. The predicted octanol–water partition coefficient (Wildman–Crippen LogP) is 10.0. The molecule has 0 bridgehead atoms. The number of hydrogen-bond donors (Lipinski definition) is 1. The smallest absolute Gasteiger partial charge is 0.338 e. The van der Waals surface area contributed by atoms with E-state index in [2.05, 4.69) is 31.2 Å². The highest BCUT2D eigenvalue weighted by Crippen LogP contribution is 2.25. The summed E-state index contributed by atoms with van der Waals surface area (Å²) in [4.78, 5) is 24.2. The lowest BCUT2D eigenvalue weighted by Crippen LogP contribution is -2.11. The van der Waals surface area contributed by atoms with Gasteiger partial charge in [-0.3, -0.25) is 4.79 Å². The summed E-state index contributed by atoms with van der Waals surface area (Å²) in [6.07, 6.45) is 4.17. The molecule has 49 heavy (non-hydrogen) atoms. The van der Waals surface area contributed by atoms with Crippen LogP contribution in [0.1, 0.15) is 43.7 Å². The van der Waals surface area contributed by atoms with E-state index in [0.29, 0.717) is 17.9 Å². The van der Waals surface area contributed by atoms with Crippen molar-refractivity contribution in [1.82, 2.24) is 0 Å². The summed E-state index contributed by atoms with van der Waals surface area (Å²) in [5.41, 5.74) is 9.08. The zero-order valence-corrected chi connectivity index (χ0v) is 27.6. The van der Waals surface area contributed by atoms with Crippen LogP contribution in [0.5, 0.6) is 11.5 Å². The SMILES string of the molecule is Cc1ccc(-c2ccc(C(=O)OCc3ccccc3)cc2C)cc1.O=C(Cc1ccccc1)Oc1ccc(/C=C/c2ccc(O)cc2)cc1. The highest BCUT2D eigenvalue weighted by molar-refractivity contribution is 5.90. The van der Waals surface area contributed by atoms with Crippen LogP contribution in [-0.2, 0) is 22.6 Å². The first-order chi connectivity index (χ1) is 23.8. The second-order valence-corrected chi connectivity index (χ2v) is 11.6. The van der Waals surface area contributed by atoms with Crippen molar-refractivity contribution in [3.05, 3.63) is 191 Å². The molecule has 5 heteroatoms. The molecule has 0 aliphatic heterocycles. The Kier molecular flexibility index (Phi) is 11.9. The van der Waals surface area contributed by atoms with Gasteiger partial charge in [-0.1, -0.05) is 133 Å². The minimum absolute atomic E-state index is 0.249. The molecule has 6 aromatic carbocycles. The van der Waals surface area contributed by atoms with Crippen LogP contribution in [0.3, 0.4) is 0 Å². The van der Waals surface area contributed by atoms with E-state index in [1.54, 1.807) is 24.3 Å². The van der Waals surface area contributed by atoms with E-state index >= 15 is 0 Å². The lowest BCUT2D eigenvalue weighted by Gasteiger charge is -2.10. The van der Waals surface area contributed by atoms with Crippen LogP contribution in [0.15, 0.2) is 152 Å². The number of ether oxygens (including phenoxy) is 2. The van der Waals surface area contributed by atoms with Gasteiger partial charge in [0.05, 0.1) is 12.0 Å². The molecule has 1 N–H and O–H groups in total. The van der Waals surface area contributed by atoms with Crippen LogP contribution in [-0.4, -0.2) is 17.0 Å². The first-order valence-corrected chi connectivity index (χ1v) is 16.0. The van der Waals surface area contributed by atoms with Crippen LogP contribution in [0.4, 0.5) is 0 Å². The molecule has 0 unspecified atom stereocenters. The minimum atomic E-state index is -0.294. The van der Waals surface area contributed by atoms with Crippen molar-refractivity contribution in [2.24, 2.45) is 0 Å². The van der Waals surface area contributed by atoms with Crippen LogP contribution in [0.2, 0.25) is 0 Å². The maximum absolute atomic E-state index is 12.2. The second-order valence-electron chi connectivity index (χ2n) is 11.6. The molecule has 0 aromatic heterocycles. The number of benzene rings is 6. The molecular formula is C44H38O5. The quantitative estimate of drug-likeness (QED) is 0.0962. The number of aryl methyl sites for hydroxylation is 2. The molecular weight excluding hydrogens is 608 g/mol. The normalized spacial score (nSPS) is 10.6. The van der Waals surface area contributed by atoms with Gasteiger partial charge in [-0.25, -0.2) is 4.79 Å². The Morgan fingerprint density at radius 1 is 0.633 bits per heavy atom. The van der Waals surface area contributed by atoms with Crippen molar-refractivity contribution in [2.75, 3.05) is 0 Å². The maximum Gasteiger partial charge on any atom is 0.338 e.